The highest BCUT2D eigenvalue weighted by atomic mass is 32.2. The molecule has 1 aliphatic rings. The molecular weight excluding hydrogens is 474 g/mol. The summed E-state index contributed by atoms with van der Waals surface area (Å²) in [5, 5.41) is 20.9. The van der Waals surface area contributed by atoms with Crippen molar-refractivity contribution in [2.24, 2.45) is 5.41 Å². The van der Waals surface area contributed by atoms with E-state index < -0.39 is 33.4 Å². The Hall–Kier alpha value is -4.40. The lowest BCUT2D eigenvalue weighted by molar-refractivity contribution is 0.0600. The standard InChI is InChI=1S/C28H23N3O4S/c1-4-24-23-7-5-6-8-25(23)31(36(33,34)22-15-9-19(2)10-16-22)26(28(24,17-29)18-30)20-11-13-21(14-12-20)27(32)35-3/h4-16,24,26H,1H2,2-3H3/t24-,26-/m1/s1. The van der Waals surface area contributed by atoms with Crippen molar-refractivity contribution < 1.29 is 17.9 Å². The molecule has 2 atom stereocenters. The topological polar surface area (TPSA) is 111 Å². The maximum atomic E-state index is 14.2. The van der Waals surface area contributed by atoms with Crippen LogP contribution < -0.4 is 4.31 Å². The molecule has 0 unspecified atom stereocenters. The van der Waals surface area contributed by atoms with Crippen LogP contribution in [-0.4, -0.2) is 21.5 Å². The van der Waals surface area contributed by atoms with Crippen molar-refractivity contribution in [1.29, 1.82) is 10.5 Å². The SMILES string of the molecule is C=C[C@@H]1c2ccccc2N(S(=O)(=O)c2ccc(C)cc2)[C@H](c2ccc(C(=O)OC)cc2)C1(C#N)C#N. The number of nitrogens with zero attached hydrogens (tertiary/aromatic N) is 3. The number of hydrogen-bond acceptors (Lipinski definition) is 6. The van der Waals surface area contributed by atoms with Crippen LogP contribution in [0.3, 0.4) is 0 Å². The number of carbonyl (C=O) groups is 1. The van der Waals surface area contributed by atoms with Crippen molar-refractivity contribution in [2.45, 2.75) is 23.8 Å². The number of para-hydroxylation sites is 1. The molecule has 0 bridgehead atoms. The molecule has 0 spiro atoms. The Morgan fingerprint density at radius 1 is 1.03 bits per heavy atom. The van der Waals surface area contributed by atoms with Crippen molar-refractivity contribution in [3.05, 3.63) is 108 Å². The van der Waals surface area contributed by atoms with E-state index in [1.807, 2.05) is 6.92 Å². The molecule has 3 aromatic carbocycles. The molecule has 1 heterocycles. The van der Waals surface area contributed by atoms with Crippen LogP contribution in [0.5, 0.6) is 0 Å². The fourth-order valence-electron chi connectivity index (χ4n) is 4.70. The number of methoxy groups -OCH3 is 1. The van der Waals surface area contributed by atoms with Gasteiger partial charge in [0.2, 0.25) is 0 Å². The maximum absolute atomic E-state index is 14.2. The van der Waals surface area contributed by atoms with E-state index in [-0.39, 0.29) is 10.5 Å². The van der Waals surface area contributed by atoms with Gasteiger partial charge in [0.1, 0.15) is 6.04 Å². The van der Waals surface area contributed by atoms with Gasteiger partial charge in [0.05, 0.1) is 35.4 Å². The first-order chi connectivity index (χ1) is 17.2. The molecule has 36 heavy (non-hydrogen) atoms. The van der Waals surface area contributed by atoms with E-state index in [0.29, 0.717) is 16.8 Å². The Labute approximate surface area is 210 Å². The first-order valence-electron chi connectivity index (χ1n) is 11.1. The largest absolute Gasteiger partial charge is 0.465 e. The summed E-state index contributed by atoms with van der Waals surface area (Å²) in [5.41, 5.74) is 0.534. The van der Waals surface area contributed by atoms with Crippen LogP contribution in [0.1, 0.15) is 39.0 Å². The number of ether oxygens (including phenoxy) is 1. The number of anilines is 1. The van der Waals surface area contributed by atoms with Crippen molar-refractivity contribution >= 4 is 21.7 Å². The van der Waals surface area contributed by atoms with Gasteiger partial charge in [-0.1, -0.05) is 54.1 Å². The molecule has 0 saturated heterocycles. The van der Waals surface area contributed by atoms with Crippen LogP contribution in [0.4, 0.5) is 5.69 Å². The highest BCUT2D eigenvalue weighted by Crippen LogP contribution is 2.57. The number of allylic oxidation sites excluding steroid dienone is 1. The number of carbonyl (C=O) groups excluding carboxylic acids is 1. The lowest BCUT2D eigenvalue weighted by Crippen LogP contribution is -2.50. The molecule has 0 fully saturated rings. The molecule has 0 saturated carbocycles. The Morgan fingerprint density at radius 2 is 1.64 bits per heavy atom. The molecule has 180 valence electrons. The van der Waals surface area contributed by atoms with Crippen LogP contribution >= 0.6 is 0 Å². The van der Waals surface area contributed by atoms with E-state index >= 15 is 0 Å². The van der Waals surface area contributed by atoms with Gasteiger partial charge in [-0.15, -0.1) is 6.58 Å². The minimum atomic E-state index is -4.24. The van der Waals surface area contributed by atoms with Gasteiger partial charge in [0.25, 0.3) is 10.0 Å². The Kier molecular flexibility index (Phi) is 6.41. The highest BCUT2D eigenvalue weighted by molar-refractivity contribution is 7.92. The number of nitriles is 2. The molecule has 0 amide bonds. The minimum absolute atomic E-state index is 0.0286. The summed E-state index contributed by atoms with van der Waals surface area (Å²) in [6, 6.07) is 22.3. The molecule has 0 aliphatic carbocycles. The second-order valence-corrected chi connectivity index (χ2v) is 10.3. The summed E-state index contributed by atoms with van der Waals surface area (Å²) >= 11 is 0. The molecule has 7 nitrogen and oxygen atoms in total. The lowest BCUT2D eigenvalue weighted by Gasteiger charge is -2.47. The zero-order valence-corrected chi connectivity index (χ0v) is 20.6. The Balaban J connectivity index is 2.07. The number of fused-ring (bicyclic) bond motifs is 1. The van der Waals surface area contributed by atoms with Crippen molar-refractivity contribution in [1.82, 2.24) is 0 Å². The number of esters is 1. The van der Waals surface area contributed by atoms with Crippen LogP contribution in [-0.2, 0) is 14.8 Å². The van der Waals surface area contributed by atoms with Gasteiger partial charge in [0.15, 0.2) is 5.41 Å². The summed E-state index contributed by atoms with van der Waals surface area (Å²) in [4.78, 5) is 12.0. The summed E-state index contributed by atoms with van der Waals surface area (Å²) in [7, 11) is -2.98. The molecule has 3 aromatic rings. The predicted molar refractivity (Wildman–Crippen MR) is 134 cm³/mol. The molecule has 4 rings (SSSR count). The average Bonchev–Trinajstić information content (AvgIpc) is 2.91. The Bertz CT molecular complexity index is 1500. The first-order valence-corrected chi connectivity index (χ1v) is 12.5. The highest BCUT2D eigenvalue weighted by Gasteiger charge is 2.57. The van der Waals surface area contributed by atoms with Crippen LogP contribution in [0.15, 0.2) is 90.3 Å². The number of sulfonamides is 1. The van der Waals surface area contributed by atoms with Gasteiger partial charge >= 0.3 is 5.97 Å². The monoisotopic (exact) mass is 497 g/mol. The zero-order valence-electron chi connectivity index (χ0n) is 19.8. The van der Waals surface area contributed by atoms with Gasteiger partial charge in [0, 0.05) is 5.92 Å². The third-order valence-corrected chi connectivity index (χ3v) is 8.29. The molecule has 0 radical (unpaired) electrons. The van der Waals surface area contributed by atoms with Gasteiger partial charge in [-0.2, -0.15) is 10.5 Å². The van der Waals surface area contributed by atoms with E-state index in [4.69, 9.17) is 4.74 Å². The second kappa shape index (κ2) is 9.33. The number of rotatable bonds is 5. The molecular formula is C28H23N3O4S. The summed E-state index contributed by atoms with van der Waals surface area (Å²) in [6.07, 6.45) is 1.51. The summed E-state index contributed by atoms with van der Waals surface area (Å²) in [5.74, 6) is -1.34. The third-order valence-electron chi connectivity index (χ3n) is 6.50. The molecule has 0 aromatic heterocycles. The van der Waals surface area contributed by atoms with Gasteiger partial charge < -0.3 is 4.74 Å². The van der Waals surface area contributed by atoms with Crippen LogP contribution in [0.25, 0.3) is 0 Å². The number of hydrogen-bond donors (Lipinski definition) is 0. The van der Waals surface area contributed by atoms with Crippen molar-refractivity contribution in [3.8, 4) is 12.1 Å². The number of aryl methyl sites for hydroxylation is 1. The van der Waals surface area contributed by atoms with Gasteiger partial charge in [-0.05, 0) is 48.4 Å². The van der Waals surface area contributed by atoms with Crippen molar-refractivity contribution in [2.75, 3.05) is 11.4 Å². The molecule has 0 N–H and O–H groups in total. The molecule has 1 aliphatic heterocycles. The van der Waals surface area contributed by atoms with Gasteiger partial charge in [-0.25, -0.2) is 13.2 Å². The summed E-state index contributed by atoms with van der Waals surface area (Å²) < 4.78 is 34.3. The maximum Gasteiger partial charge on any atom is 0.337 e. The van der Waals surface area contributed by atoms with E-state index in [1.165, 1.54) is 37.5 Å². The fraction of sp³-hybridized carbons (Fsp3) is 0.179. The summed E-state index contributed by atoms with van der Waals surface area (Å²) in [6.45, 7) is 5.73. The Morgan fingerprint density at radius 3 is 2.19 bits per heavy atom. The van der Waals surface area contributed by atoms with Crippen molar-refractivity contribution in [3.63, 3.8) is 0 Å². The van der Waals surface area contributed by atoms with Gasteiger partial charge in [-0.3, -0.25) is 4.31 Å². The van der Waals surface area contributed by atoms with E-state index in [0.717, 1.165) is 9.87 Å². The van der Waals surface area contributed by atoms with E-state index in [2.05, 4.69) is 18.7 Å². The van der Waals surface area contributed by atoms with Crippen LogP contribution in [0, 0.1) is 35.0 Å². The zero-order chi connectivity index (χ0) is 26.1. The quantitative estimate of drug-likeness (QED) is 0.361. The minimum Gasteiger partial charge on any atom is -0.465 e. The molecule has 8 heteroatoms. The number of benzene rings is 3. The predicted octanol–water partition coefficient (Wildman–Crippen LogP) is 5.03. The smallest absolute Gasteiger partial charge is 0.337 e. The third kappa shape index (κ3) is 3.73. The lowest BCUT2D eigenvalue weighted by atomic mass is 9.64. The average molecular weight is 498 g/mol. The second-order valence-electron chi connectivity index (χ2n) is 8.49. The van der Waals surface area contributed by atoms with Crippen LogP contribution in [0.2, 0.25) is 0 Å². The van der Waals surface area contributed by atoms with E-state index in [9.17, 15) is 23.7 Å². The fourth-order valence-corrected chi connectivity index (χ4v) is 6.40. The normalized spacial score (nSPS) is 18.3. The van der Waals surface area contributed by atoms with E-state index in [1.54, 1.807) is 48.5 Å². The first kappa shape index (κ1) is 24.7.